The summed E-state index contributed by atoms with van der Waals surface area (Å²) in [5.41, 5.74) is 1.98. The Morgan fingerprint density at radius 1 is 1.14 bits per heavy atom. The summed E-state index contributed by atoms with van der Waals surface area (Å²) in [6.07, 6.45) is 0. The first-order valence-electron chi connectivity index (χ1n) is 6.36. The van der Waals surface area contributed by atoms with E-state index in [2.05, 4.69) is 15.6 Å². The molecule has 106 valence electrons. The molecule has 0 saturated heterocycles. The predicted octanol–water partition coefficient (Wildman–Crippen LogP) is 4.44. The molecule has 0 fully saturated rings. The summed E-state index contributed by atoms with van der Waals surface area (Å²) in [4.78, 5) is 4.46. The number of nitrogens with zero attached hydrogens (tertiary/aromatic N) is 1. The van der Waals surface area contributed by atoms with Crippen LogP contribution in [0.5, 0.6) is 0 Å². The Labute approximate surface area is 137 Å². The van der Waals surface area contributed by atoms with E-state index in [0.29, 0.717) is 16.7 Å². The number of anilines is 1. The van der Waals surface area contributed by atoms with Crippen LogP contribution >= 0.6 is 35.2 Å². The summed E-state index contributed by atoms with van der Waals surface area (Å²) in [7, 11) is 0. The summed E-state index contributed by atoms with van der Waals surface area (Å²) in [6.45, 7) is 0.679. The van der Waals surface area contributed by atoms with Crippen LogP contribution in [-0.4, -0.2) is 10.1 Å². The number of rotatable bonds is 3. The molecular formula is C15H12ClN3S2. The highest BCUT2D eigenvalue weighted by molar-refractivity contribution is 7.80. The lowest BCUT2D eigenvalue weighted by Crippen LogP contribution is -2.27. The lowest BCUT2D eigenvalue weighted by Gasteiger charge is -2.07. The van der Waals surface area contributed by atoms with Crippen molar-refractivity contribution in [3.05, 3.63) is 59.1 Å². The molecule has 0 aliphatic heterocycles. The van der Waals surface area contributed by atoms with Gasteiger partial charge in [-0.15, -0.1) is 0 Å². The van der Waals surface area contributed by atoms with Gasteiger partial charge in [-0.05, 0) is 29.9 Å². The van der Waals surface area contributed by atoms with Crippen LogP contribution in [0.4, 0.5) is 5.13 Å². The van der Waals surface area contributed by atoms with Crippen molar-refractivity contribution in [2.75, 3.05) is 5.32 Å². The van der Waals surface area contributed by atoms with Gasteiger partial charge in [0.15, 0.2) is 10.2 Å². The number of fused-ring (bicyclic) bond motifs is 1. The van der Waals surface area contributed by atoms with E-state index in [1.807, 2.05) is 48.5 Å². The maximum Gasteiger partial charge on any atom is 0.190 e. The number of nitrogens with one attached hydrogen (secondary N) is 2. The van der Waals surface area contributed by atoms with Gasteiger partial charge in [0.1, 0.15) is 5.52 Å². The first-order valence-corrected chi connectivity index (χ1v) is 7.96. The maximum absolute atomic E-state index is 6.12. The van der Waals surface area contributed by atoms with Gasteiger partial charge >= 0.3 is 0 Å². The SMILES string of the molecule is S=C(NCc1ccccc1)Nc1nc2c(Cl)cccc2s1. The van der Waals surface area contributed by atoms with Crippen LogP contribution in [0.15, 0.2) is 48.5 Å². The molecule has 1 aromatic heterocycles. The minimum Gasteiger partial charge on any atom is -0.358 e. The molecule has 0 bridgehead atoms. The second kappa shape index (κ2) is 6.39. The largest absolute Gasteiger partial charge is 0.358 e. The van der Waals surface area contributed by atoms with E-state index < -0.39 is 0 Å². The first-order chi connectivity index (χ1) is 10.2. The van der Waals surface area contributed by atoms with Crippen molar-refractivity contribution in [2.45, 2.75) is 6.54 Å². The summed E-state index contributed by atoms with van der Waals surface area (Å²) >= 11 is 12.9. The minimum atomic E-state index is 0.550. The van der Waals surface area contributed by atoms with Crippen LogP contribution in [0.2, 0.25) is 5.02 Å². The molecule has 0 atom stereocenters. The van der Waals surface area contributed by atoms with Gasteiger partial charge in [0, 0.05) is 6.54 Å². The van der Waals surface area contributed by atoms with Gasteiger partial charge in [0.25, 0.3) is 0 Å². The molecule has 0 amide bonds. The number of thiazole rings is 1. The van der Waals surface area contributed by atoms with Gasteiger partial charge in [-0.3, -0.25) is 0 Å². The lowest BCUT2D eigenvalue weighted by atomic mass is 10.2. The second-order valence-corrected chi connectivity index (χ2v) is 6.24. The standard InChI is InChI=1S/C15H12ClN3S2/c16-11-7-4-8-12-13(11)18-15(21-12)19-14(20)17-9-10-5-2-1-3-6-10/h1-8H,9H2,(H2,17,18,19,20). The number of thiocarbonyl (C=S) groups is 1. The van der Waals surface area contributed by atoms with E-state index in [1.54, 1.807) is 0 Å². The van der Waals surface area contributed by atoms with Crippen molar-refractivity contribution in [1.82, 2.24) is 10.3 Å². The molecule has 0 saturated carbocycles. The number of aromatic nitrogens is 1. The van der Waals surface area contributed by atoms with Crippen molar-refractivity contribution < 1.29 is 0 Å². The molecule has 3 aromatic rings. The smallest absolute Gasteiger partial charge is 0.190 e. The quantitative estimate of drug-likeness (QED) is 0.695. The zero-order valence-electron chi connectivity index (χ0n) is 11.0. The van der Waals surface area contributed by atoms with Crippen LogP contribution in [0.1, 0.15) is 5.56 Å². The molecule has 2 N–H and O–H groups in total. The molecule has 0 aliphatic carbocycles. The maximum atomic E-state index is 6.12. The zero-order valence-corrected chi connectivity index (χ0v) is 13.4. The molecule has 6 heteroatoms. The molecule has 0 unspecified atom stereocenters. The van der Waals surface area contributed by atoms with Gasteiger partial charge < -0.3 is 10.6 Å². The summed E-state index contributed by atoms with van der Waals surface area (Å²) < 4.78 is 1.04. The van der Waals surface area contributed by atoms with Gasteiger partial charge in [0.2, 0.25) is 0 Å². The van der Waals surface area contributed by atoms with E-state index in [0.717, 1.165) is 15.3 Å². The van der Waals surface area contributed by atoms with Crippen molar-refractivity contribution in [3.8, 4) is 0 Å². The zero-order chi connectivity index (χ0) is 14.7. The van der Waals surface area contributed by atoms with Crippen LogP contribution in [0, 0.1) is 0 Å². The summed E-state index contributed by atoms with van der Waals surface area (Å²) in [6, 6.07) is 15.8. The number of halogens is 1. The Bertz CT molecular complexity index is 771. The minimum absolute atomic E-state index is 0.550. The van der Waals surface area contributed by atoms with Gasteiger partial charge in [-0.25, -0.2) is 4.98 Å². The summed E-state index contributed by atoms with van der Waals surface area (Å²) in [5, 5.41) is 8.20. The number of hydrogen-bond acceptors (Lipinski definition) is 3. The predicted molar refractivity (Wildman–Crippen MR) is 94.1 cm³/mol. The Morgan fingerprint density at radius 3 is 2.71 bits per heavy atom. The van der Waals surface area contributed by atoms with E-state index in [4.69, 9.17) is 23.8 Å². The third-order valence-electron chi connectivity index (χ3n) is 2.89. The van der Waals surface area contributed by atoms with Crippen molar-refractivity contribution in [1.29, 1.82) is 0 Å². The topological polar surface area (TPSA) is 37.0 Å². The fourth-order valence-electron chi connectivity index (χ4n) is 1.89. The van der Waals surface area contributed by atoms with E-state index in [9.17, 15) is 0 Å². The van der Waals surface area contributed by atoms with E-state index in [-0.39, 0.29) is 0 Å². The monoisotopic (exact) mass is 333 g/mol. The molecule has 1 heterocycles. The van der Waals surface area contributed by atoms with Gasteiger partial charge in [-0.2, -0.15) is 0 Å². The van der Waals surface area contributed by atoms with Crippen LogP contribution in [0.3, 0.4) is 0 Å². The molecule has 0 radical (unpaired) electrons. The molecule has 3 nitrogen and oxygen atoms in total. The highest BCUT2D eigenvalue weighted by atomic mass is 35.5. The Morgan fingerprint density at radius 2 is 1.95 bits per heavy atom. The molecule has 21 heavy (non-hydrogen) atoms. The highest BCUT2D eigenvalue weighted by Gasteiger charge is 2.07. The van der Waals surface area contributed by atoms with Crippen LogP contribution in [-0.2, 0) is 6.54 Å². The van der Waals surface area contributed by atoms with Crippen molar-refractivity contribution in [2.24, 2.45) is 0 Å². The average molecular weight is 334 g/mol. The van der Waals surface area contributed by atoms with Crippen LogP contribution in [0.25, 0.3) is 10.2 Å². The van der Waals surface area contributed by atoms with E-state index >= 15 is 0 Å². The van der Waals surface area contributed by atoms with Gasteiger partial charge in [0.05, 0.1) is 9.72 Å². The van der Waals surface area contributed by atoms with Gasteiger partial charge in [-0.1, -0.05) is 59.3 Å². The first kappa shape index (κ1) is 14.3. The number of hydrogen-bond donors (Lipinski definition) is 2. The van der Waals surface area contributed by atoms with E-state index in [1.165, 1.54) is 16.9 Å². The molecule has 2 aromatic carbocycles. The number of para-hydroxylation sites is 1. The fraction of sp³-hybridized carbons (Fsp3) is 0.0667. The van der Waals surface area contributed by atoms with Crippen molar-refractivity contribution >= 4 is 55.6 Å². The molecule has 3 rings (SSSR count). The molecule has 0 aliphatic rings. The summed E-state index contributed by atoms with van der Waals surface area (Å²) in [5.74, 6) is 0. The van der Waals surface area contributed by atoms with Crippen molar-refractivity contribution in [3.63, 3.8) is 0 Å². The average Bonchev–Trinajstić information content (AvgIpc) is 2.90. The lowest BCUT2D eigenvalue weighted by molar-refractivity contribution is 0.926. The third kappa shape index (κ3) is 3.50. The Hall–Kier alpha value is -1.69. The number of benzene rings is 2. The molecular weight excluding hydrogens is 322 g/mol. The molecule has 0 spiro atoms. The Balaban J connectivity index is 1.65. The normalized spacial score (nSPS) is 10.5. The van der Waals surface area contributed by atoms with Crippen LogP contribution < -0.4 is 10.6 Å². The Kier molecular flexibility index (Phi) is 4.34. The highest BCUT2D eigenvalue weighted by Crippen LogP contribution is 2.30. The third-order valence-corrected chi connectivity index (χ3v) is 4.37. The second-order valence-electron chi connectivity index (χ2n) is 4.40. The fourth-order valence-corrected chi connectivity index (χ4v) is 3.29.